The molecule has 26 heavy (non-hydrogen) atoms. The lowest BCUT2D eigenvalue weighted by Gasteiger charge is -2.13. The van der Waals surface area contributed by atoms with Gasteiger partial charge in [0.2, 0.25) is 5.91 Å². The Hall–Kier alpha value is -2.95. The minimum absolute atomic E-state index is 0.193. The molecule has 2 amide bonds. The number of hydrogen-bond acceptors (Lipinski definition) is 4. The zero-order valence-electron chi connectivity index (χ0n) is 15.0. The highest BCUT2D eigenvalue weighted by atomic mass is 16.5. The van der Waals surface area contributed by atoms with Crippen molar-refractivity contribution in [1.29, 1.82) is 0 Å². The first-order chi connectivity index (χ1) is 12.7. The van der Waals surface area contributed by atoms with Gasteiger partial charge in [0.25, 0.3) is 5.91 Å². The van der Waals surface area contributed by atoms with Crippen LogP contribution in [0.3, 0.4) is 0 Å². The summed E-state index contributed by atoms with van der Waals surface area (Å²) >= 11 is 0. The van der Waals surface area contributed by atoms with Gasteiger partial charge in [-0.15, -0.1) is 0 Å². The average Bonchev–Trinajstić information content (AvgIpc) is 2.91. The highest BCUT2D eigenvalue weighted by Crippen LogP contribution is 2.30. The molecule has 0 aromatic heterocycles. The molecule has 1 aliphatic rings. The van der Waals surface area contributed by atoms with Crippen LogP contribution in [0, 0.1) is 0 Å². The Labute approximate surface area is 153 Å². The number of rotatable bonds is 6. The lowest BCUT2D eigenvalue weighted by molar-refractivity contribution is -0.137. The number of benzene rings is 2. The van der Waals surface area contributed by atoms with Gasteiger partial charge in [0, 0.05) is 6.54 Å². The maximum atomic E-state index is 12.9. The Kier molecular flexibility index (Phi) is 5.46. The third-order valence-electron chi connectivity index (χ3n) is 4.44. The smallest absolute Gasteiger partial charge is 0.276 e. The maximum absolute atomic E-state index is 12.9. The molecule has 0 N–H and O–H groups in total. The van der Waals surface area contributed by atoms with E-state index in [1.165, 1.54) is 4.90 Å². The van der Waals surface area contributed by atoms with Crippen LogP contribution in [0.25, 0.3) is 0 Å². The minimum atomic E-state index is -0.650. The molecular weight excluding hydrogens is 328 g/mol. The quantitative estimate of drug-likeness (QED) is 0.746. The summed E-state index contributed by atoms with van der Waals surface area (Å²) in [6, 6.07) is 16.5. The fourth-order valence-electron chi connectivity index (χ4n) is 3.02. The Morgan fingerprint density at radius 1 is 1.04 bits per heavy atom. The van der Waals surface area contributed by atoms with Crippen molar-refractivity contribution >= 4 is 23.2 Å². The van der Waals surface area contributed by atoms with Gasteiger partial charge in [-0.25, -0.2) is 4.99 Å². The van der Waals surface area contributed by atoms with Crippen molar-refractivity contribution < 1.29 is 14.3 Å². The number of nitrogens with zero attached hydrogens (tertiary/aromatic N) is 2. The molecule has 0 aliphatic carbocycles. The van der Waals surface area contributed by atoms with Gasteiger partial charge in [0.05, 0.1) is 12.8 Å². The van der Waals surface area contributed by atoms with Gasteiger partial charge in [-0.1, -0.05) is 43.7 Å². The Morgan fingerprint density at radius 3 is 2.35 bits per heavy atom. The summed E-state index contributed by atoms with van der Waals surface area (Å²) in [6.07, 6.45) is 1.70. The first kappa shape index (κ1) is 17.9. The van der Waals surface area contributed by atoms with Gasteiger partial charge in [-0.05, 0) is 36.2 Å². The summed E-state index contributed by atoms with van der Waals surface area (Å²) in [7, 11) is 1.59. The number of aliphatic imine (C=N–C) groups is 1. The molecule has 2 aromatic rings. The van der Waals surface area contributed by atoms with Crippen LogP contribution >= 0.6 is 0 Å². The van der Waals surface area contributed by atoms with Crippen molar-refractivity contribution in [3.63, 3.8) is 0 Å². The fourth-order valence-corrected chi connectivity index (χ4v) is 3.02. The number of hydrogen-bond donors (Lipinski definition) is 0. The van der Waals surface area contributed by atoms with Crippen LogP contribution in [-0.2, 0) is 9.59 Å². The summed E-state index contributed by atoms with van der Waals surface area (Å²) in [5.74, 6) is -0.426. The highest BCUT2D eigenvalue weighted by molar-refractivity contribution is 6.52. The molecule has 0 bridgehead atoms. The van der Waals surface area contributed by atoms with Gasteiger partial charge in [-0.2, -0.15) is 0 Å². The molecule has 1 saturated heterocycles. The molecule has 1 atom stereocenters. The molecular formula is C21H22N2O3. The Bertz CT molecular complexity index is 813. The van der Waals surface area contributed by atoms with E-state index < -0.39 is 5.92 Å². The predicted molar refractivity (Wildman–Crippen MR) is 101 cm³/mol. The van der Waals surface area contributed by atoms with E-state index in [4.69, 9.17) is 4.74 Å². The number of carbonyl (C=O) groups excluding carboxylic acids is 2. The van der Waals surface area contributed by atoms with E-state index in [1.807, 2.05) is 37.3 Å². The van der Waals surface area contributed by atoms with Gasteiger partial charge >= 0.3 is 0 Å². The molecule has 0 saturated carbocycles. The summed E-state index contributed by atoms with van der Waals surface area (Å²) in [6.45, 7) is 2.46. The molecule has 0 spiro atoms. The number of ether oxygens (including phenoxy) is 1. The zero-order chi connectivity index (χ0) is 18.5. The van der Waals surface area contributed by atoms with Crippen molar-refractivity contribution in [1.82, 2.24) is 4.90 Å². The third-order valence-corrected chi connectivity index (χ3v) is 4.44. The van der Waals surface area contributed by atoms with Crippen molar-refractivity contribution in [2.45, 2.75) is 25.7 Å². The van der Waals surface area contributed by atoms with E-state index in [1.54, 1.807) is 31.4 Å². The standard InChI is InChI=1S/C21H22N2O3/c1-3-4-14-23-20(24)18(15-8-6-5-7-9-15)19(21(23)25)22-16-10-12-17(26-2)13-11-16/h5-13,18H,3-4,14H2,1-2H3. The average molecular weight is 350 g/mol. The van der Waals surface area contributed by atoms with E-state index in [0.29, 0.717) is 18.0 Å². The van der Waals surface area contributed by atoms with Crippen molar-refractivity contribution in [2.75, 3.05) is 13.7 Å². The van der Waals surface area contributed by atoms with E-state index in [9.17, 15) is 9.59 Å². The van der Waals surface area contributed by atoms with Crippen LogP contribution in [-0.4, -0.2) is 36.1 Å². The summed E-state index contributed by atoms with van der Waals surface area (Å²) in [4.78, 5) is 31.7. The first-order valence-corrected chi connectivity index (χ1v) is 8.79. The number of imide groups is 1. The molecule has 1 aliphatic heterocycles. The normalized spacial score (nSPS) is 18.6. The predicted octanol–water partition coefficient (Wildman–Crippen LogP) is 3.72. The van der Waals surface area contributed by atoms with Crippen LogP contribution in [0.5, 0.6) is 5.75 Å². The molecule has 1 fully saturated rings. The number of likely N-dealkylation sites (tertiary alicyclic amines) is 1. The number of unbranched alkanes of at least 4 members (excludes halogenated alkanes) is 1. The van der Waals surface area contributed by atoms with Gasteiger partial charge in [0.1, 0.15) is 17.4 Å². The van der Waals surface area contributed by atoms with Crippen LogP contribution < -0.4 is 4.74 Å². The van der Waals surface area contributed by atoms with Crippen LogP contribution in [0.4, 0.5) is 5.69 Å². The van der Waals surface area contributed by atoms with Gasteiger partial charge in [-0.3, -0.25) is 14.5 Å². The Balaban J connectivity index is 2.01. The molecule has 5 heteroatoms. The van der Waals surface area contributed by atoms with Gasteiger partial charge < -0.3 is 4.74 Å². The maximum Gasteiger partial charge on any atom is 0.276 e. The van der Waals surface area contributed by atoms with Gasteiger partial charge in [0.15, 0.2) is 0 Å². The molecule has 3 rings (SSSR count). The number of amides is 2. The second-order valence-corrected chi connectivity index (χ2v) is 6.19. The van der Waals surface area contributed by atoms with E-state index in [0.717, 1.165) is 18.4 Å². The Morgan fingerprint density at radius 2 is 1.73 bits per heavy atom. The van der Waals surface area contributed by atoms with Crippen molar-refractivity contribution in [3.8, 4) is 5.75 Å². The minimum Gasteiger partial charge on any atom is -0.497 e. The largest absolute Gasteiger partial charge is 0.497 e. The molecule has 1 heterocycles. The second-order valence-electron chi connectivity index (χ2n) is 6.19. The topological polar surface area (TPSA) is 59.0 Å². The van der Waals surface area contributed by atoms with Crippen LogP contribution in [0.15, 0.2) is 59.6 Å². The van der Waals surface area contributed by atoms with Crippen molar-refractivity contribution in [2.24, 2.45) is 4.99 Å². The zero-order valence-corrected chi connectivity index (χ0v) is 15.0. The van der Waals surface area contributed by atoms with E-state index in [2.05, 4.69) is 4.99 Å². The summed E-state index contributed by atoms with van der Waals surface area (Å²) in [5, 5.41) is 0. The molecule has 134 valence electrons. The highest BCUT2D eigenvalue weighted by Gasteiger charge is 2.45. The molecule has 2 aromatic carbocycles. The molecule has 0 radical (unpaired) electrons. The second kappa shape index (κ2) is 7.95. The summed E-state index contributed by atoms with van der Waals surface area (Å²) in [5.41, 5.74) is 1.69. The molecule has 1 unspecified atom stereocenters. The van der Waals surface area contributed by atoms with Crippen LogP contribution in [0.1, 0.15) is 31.2 Å². The SMILES string of the molecule is CCCCN1C(=O)C(=Nc2ccc(OC)cc2)C(c2ccccc2)C1=O. The van der Waals surface area contributed by atoms with Crippen LogP contribution in [0.2, 0.25) is 0 Å². The summed E-state index contributed by atoms with van der Waals surface area (Å²) < 4.78 is 5.15. The molecule has 5 nitrogen and oxygen atoms in total. The third kappa shape index (κ3) is 3.52. The van der Waals surface area contributed by atoms with E-state index in [-0.39, 0.29) is 17.5 Å². The first-order valence-electron chi connectivity index (χ1n) is 8.79. The monoisotopic (exact) mass is 350 g/mol. The van der Waals surface area contributed by atoms with E-state index >= 15 is 0 Å². The van der Waals surface area contributed by atoms with Crippen molar-refractivity contribution in [3.05, 3.63) is 60.2 Å². The number of methoxy groups -OCH3 is 1. The fraction of sp³-hybridized carbons (Fsp3) is 0.286. The lowest BCUT2D eigenvalue weighted by Crippen LogP contribution is -2.32. The number of carbonyl (C=O) groups is 2. The lowest BCUT2D eigenvalue weighted by atomic mass is 9.96.